The lowest BCUT2D eigenvalue weighted by Gasteiger charge is -2.08. The zero-order valence-electron chi connectivity index (χ0n) is 18.0. The minimum absolute atomic E-state index is 0.0493. The Balaban J connectivity index is 1.65. The van der Waals surface area contributed by atoms with Gasteiger partial charge < -0.3 is 10.2 Å². The number of aliphatic imine (C=N–C) groups is 2. The van der Waals surface area contributed by atoms with E-state index < -0.39 is 9.84 Å². The lowest BCUT2D eigenvalue weighted by atomic mass is 10.2. The Morgan fingerprint density at radius 2 is 0.971 bits per heavy atom. The minimum Gasteiger partial charge on any atom is -0.506 e. The van der Waals surface area contributed by atoms with E-state index in [1.165, 1.54) is 48.8 Å². The van der Waals surface area contributed by atoms with Crippen molar-refractivity contribution in [3.63, 3.8) is 0 Å². The van der Waals surface area contributed by atoms with E-state index in [9.17, 15) is 18.6 Å². The predicted molar refractivity (Wildman–Crippen MR) is 144 cm³/mol. The molecule has 0 aliphatic heterocycles. The van der Waals surface area contributed by atoms with Gasteiger partial charge in [-0.3, -0.25) is 9.98 Å². The maximum Gasteiger partial charge on any atom is 0.206 e. The number of nitrogens with zero attached hydrogens (tertiary/aromatic N) is 2. The van der Waals surface area contributed by atoms with Gasteiger partial charge in [-0.1, -0.05) is 56.1 Å². The van der Waals surface area contributed by atoms with E-state index >= 15 is 0 Å². The van der Waals surface area contributed by atoms with Crippen LogP contribution in [0.4, 0.5) is 11.4 Å². The van der Waals surface area contributed by atoms with Crippen LogP contribution in [0, 0.1) is 0 Å². The van der Waals surface area contributed by atoms with Crippen LogP contribution >= 0.6 is 31.9 Å². The summed E-state index contributed by atoms with van der Waals surface area (Å²) in [6.45, 7) is 0. The highest BCUT2D eigenvalue weighted by Crippen LogP contribution is 2.35. The number of phenolic OH excluding ortho intramolecular Hbond substituents is 2. The summed E-state index contributed by atoms with van der Waals surface area (Å²) >= 11 is 6.73. The van der Waals surface area contributed by atoms with Gasteiger partial charge in [0.15, 0.2) is 0 Å². The Hall–Kier alpha value is -3.27. The van der Waals surface area contributed by atoms with Gasteiger partial charge >= 0.3 is 0 Å². The van der Waals surface area contributed by atoms with Crippen molar-refractivity contribution >= 4 is 65.5 Å². The van der Waals surface area contributed by atoms with Crippen LogP contribution in [0.15, 0.2) is 114 Å². The number of hydrogen-bond donors (Lipinski definition) is 2. The Labute approximate surface area is 219 Å². The molecule has 4 rings (SSSR count). The standard InChI is InChI=1S/C26H18Br2N2O4S/c27-19-5-1-17(2-6-19)15-29-23-13-21(9-11-25(23)31)35(33,34)22-10-12-26(32)24(14-22)30-16-18-3-7-20(28)8-4-18/h1-16,31-32H. The van der Waals surface area contributed by atoms with Gasteiger partial charge in [-0.25, -0.2) is 8.42 Å². The summed E-state index contributed by atoms with van der Waals surface area (Å²) in [6.07, 6.45) is 3.07. The van der Waals surface area contributed by atoms with Gasteiger partial charge in [0.2, 0.25) is 9.84 Å². The molecule has 0 aliphatic carbocycles. The van der Waals surface area contributed by atoms with Crippen molar-refractivity contribution in [3.05, 3.63) is 105 Å². The zero-order valence-corrected chi connectivity index (χ0v) is 22.0. The Morgan fingerprint density at radius 1 is 0.600 bits per heavy atom. The molecular weight excluding hydrogens is 596 g/mol. The van der Waals surface area contributed by atoms with Crippen molar-refractivity contribution in [1.29, 1.82) is 0 Å². The first-order valence-electron chi connectivity index (χ1n) is 10.2. The highest BCUT2D eigenvalue weighted by molar-refractivity contribution is 9.10. The summed E-state index contributed by atoms with van der Waals surface area (Å²) in [5, 5.41) is 20.4. The molecule has 0 fully saturated rings. The van der Waals surface area contributed by atoms with Gasteiger partial charge in [0.1, 0.15) is 22.9 Å². The second kappa shape index (κ2) is 10.6. The normalized spacial score (nSPS) is 11.9. The van der Waals surface area contributed by atoms with Crippen LogP contribution in [0.1, 0.15) is 11.1 Å². The van der Waals surface area contributed by atoms with E-state index in [0.717, 1.165) is 20.1 Å². The van der Waals surface area contributed by atoms with Gasteiger partial charge in [0.25, 0.3) is 0 Å². The molecule has 0 amide bonds. The molecule has 4 aromatic carbocycles. The first-order chi connectivity index (χ1) is 16.7. The molecule has 9 heteroatoms. The predicted octanol–water partition coefficient (Wildman–Crippen LogP) is 6.96. The van der Waals surface area contributed by atoms with Crippen molar-refractivity contribution in [2.45, 2.75) is 9.79 Å². The number of hydrogen-bond acceptors (Lipinski definition) is 6. The van der Waals surface area contributed by atoms with Crippen LogP contribution in [0.3, 0.4) is 0 Å². The summed E-state index contributed by atoms with van der Waals surface area (Å²) in [6, 6.07) is 22.5. The van der Waals surface area contributed by atoms with Crippen molar-refractivity contribution in [2.75, 3.05) is 0 Å². The number of aromatic hydroxyl groups is 2. The second-order valence-electron chi connectivity index (χ2n) is 7.42. The topological polar surface area (TPSA) is 99.3 Å². The Bertz CT molecular complexity index is 1420. The maximum atomic E-state index is 13.3. The largest absolute Gasteiger partial charge is 0.506 e. The van der Waals surface area contributed by atoms with Crippen molar-refractivity contribution in [1.82, 2.24) is 0 Å². The molecule has 0 bridgehead atoms. The average molecular weight is 614 g/mol. The van der Waals surface area contributed by atoms with E-state index in [1.807, 2.05) is 48.5 Å². The summed E-state index contributed by atoms with van der Waals surface area (Å²) < 4.78 is 28.4. The number of halogens is 2. The number of rotatable bonds is 6. The zero-order chi connectivity index (χ0) is 25.0. The smallest absolute Gasteiger partial charge is 0.206 e. The first-order valence-corrected chi connectivity index (χ1v) is 13.3. The SMILES string of the molecule is O=S(=O)(c1ccc(O)c(N=Cc2ccc(Br)cc2)c1)c1ccc(O)c(N=Cc2ccc(Br)cc2)c1. The van der Waals surface area contributed by atoms with E-state index in [-0.39, 0.29) is 32.7 Å². The van der Waals surface area contributed by atoms with E-state index in [1.54, 1.807) is 0 Å². The van der Waals surface area contributed by atoms with Gasteiger partial charge in [-0.15, -0.1) is 0 Å². The molecule has 0 saturated heterocycles. The van der Waals surface area contributed by atoms with Crippen LogP contribution in [0.25, 0.3) is 0 Å². The molecular formula is C26H18Br2N2O4S. The third-order valence-corrected chi connectivity index (χ3v) is 7.77. The van der Waals surface area contributed by atoms with Crippen LogP contribution in [-0.2, 0) is 9.84 Å². The van der Waals surface area contributed by atoms with Gasteiger partial charge in [0, 0.05) is 21.4 Å². The molecule has 35 heavy (non-hydrogen) atoms. The quantitative estimate of drug-likeness (QED) is 0.230. The Morgan fingerprint density at radius 3 is 1.34 bits per heavy atom. The molecule has 0 atom stereocenters. The van der Waals surface area contributed by atoms with Crippen molar-refractivity contribution in [2.24, 2.45) is 9.98 Å². The average Bonchev–Trinajstić information content (AvgIpc) is 2.85. The molecule has 0 saturated carbocycles. The van der Waals surface area contributed by atoms with E-state index in [4.69, 9.17) is 0 Å². The monoisotopic (exact) mass is 612 g/mol. The molecule has 176 valence electrons. The molecule has 0 aromatic heterocycles. The third-order valence-electron chi connectivity index (χ3n) is 4.96. The molecule has 6 nitrogen and oxygen atoms in total. The fourth-order valence-corrected chi connectivity index (χ4v) is 4.90. The van der Waals surface area contributed by atoms with Gasteiger partial charge in [0.05, 0.1) is 9.79 Å². The fourth-order valence-electron chi connectivity index (χ4n) is 3.07. The summed E-state index contributed by atoms with van der Waals surface area (Å²) in [5.74, 6) is -0.300. The number of benzene rings is 4. The van der Waals surface area contributed by atoms with E-state index in [2.05, 4.69) is 41.8 Å². The molecule has 0 radical (unpaired) electrons. The minimum atomic E-state index is -3.98. The van der Waals surface area contributed by atoms with Gasteiger partial charge in [-0.2, -0.15) is 0 Å². The van der Waals surface area contributed by atoms with Gasteiger partial charge in [-0.05, 0) is 71.8 Å². The third kappa shape index (κ3) is 6.05. The number of sulfone groups is 1. The Kier molecular flexibility index (Phi) is 7.49. The van der Waals surface area contributed by atoms with Crippen molar-refractivity contribution < 1.29 is 18.6 Å². The number of phenols is 2. The molecule has 2 N–H and O–H groups in total. The van der Waals surface area contributed by atoms with Crippen LogP contribution in [0.5, 0.6) is 11.5 Å². The molecule has 4 aromatic rings. The maximum absolute atomic E-state index is 13.3. The highest BCUT2D eigenvalue weighted by atomic mass is 79.9. The van der Waals surface area contributed by atoms with Crippen LogP contribution in [0.2, 0.25) is 0 Å². The van der Waals surface area contributed by atoms with Crippen LogP contribution < -0.4 is 0 Å². The highest BCUT2D eigenvalue weighted by Gasteiger charge is 2.20. The molecule has 0 heterocycles. The summed E-state index contributed by atoms with van der Waals surface area (Å²) in [4.78, 5) is 8.41. The summed E-state index contributed by atoms with van der Waals surface area (Å²) in [5.41, 5.74) is 1.79. The second-order valence-corrected chi connectivity index (χ2v) is 11.2. The van der Waals surface area contributed by atoms with Crippen molar-refractivity contribution in [3.8, 4) is 11.5 Å². The fraction of sp³-hybridized carbons (Fsp3) is 0. The molecule has 0 unspecified atom stereocenters. The lowest BCUT2D eigenvalue weighted by molar-refractivity contribution is 0.476. The summed E-state index contributed by atoms with van der Waals surface area (Å²) in [7, 11) is -3.98. The molecule has 0 aliphatic rings. The molecule has 0 spiro atoms. The van der Waals surface area contributed by atoms with E-state index in [0.29, 0.717) is 0 Å². The lowest BCUT2D eigenvalue weighted by Crippen LogP contribution is -2.01. The first kappa shape index (κ1) is 24.8. The van der Waals surface area contributed by atoms with Crippen LogP contribution in [-0.4, -0.2) is 31.1 Å².